The minimum Gasteiger partial charge on any atom is -0.370 e. The number of likely N-dealkylation sites (tertiary alicyclic amines) is 1. The van der Waals surface area contributed by atoms with Crippen molar-refractivity contribution in [1.82, 2.24) is 10.2 Å². The lowest BCUT2D eigenvalue weighted by Gasteiger charge is -2.29. The van der Waals surface area contributed by atoms with Gasteiger partial charge in [-0.05, 0) is 37.0 Å². The summed E-state index contributed by atoms with van der Waals surface area (Å²) >= 11 is 0. The number of hydrogen-bond acceptors (Lipinski definition) is 3. The van der Waals surface area contributed by atoms with Crippen LogP contribution in [0.2, 0.25) is 0 Å². The number of carbonyl (C=O) groups is 1. The average molecular weight is 403 g/mol. The SMILES string of the molecule is Cc1cccc(CN2C[C@@H]3[C@H](CNC(=O)C=Cc4ccccc4)[C@H]4CC[C@]3(C2)O4)c1. The van der Waals surface area contributed by atoms with E-state index in [2.05, 4.69) is 41.4 Å². The van der Waals surface area contributed by atoms with Gasteiger partial charge in [0.15, 0.2) is 0 Å². The van der Waals surface area contributed by atoms with Crippen molar-refractivity contribution in [2.45, 2.75) is 38.0 Å². The molecule has 5 rings (SSSR count). The number of amides is 1. The molecule has 3 heterocycles. The van der Waals surface area contributed by atoms with E-state index in [1.54, 1.807) is 6.08 Å². The highest BCUT2D eigenvalue weighted by Gasteiger charge is 2.62. The van der Waals surface area contributed by atoms with Crippen LogP contribution in [0.1, 0.15) is 29.5 Å². The van der Waals surface area contributed by atoms with Crippen molar-refractivity contribution in [3.63, 3.8) is 0 Å². The van der Waals surface area contributed by atoms with Crippen LogP contribution >= 0.6 is 0 Å². The number of nitrogens with zero attached hydrogens (tertiary/aromatic N) is 1. The predicted octanol–water partition coefficient (Wildman–Crippen LogP) is 3.80. The minimum absolute atomic E-state index is 0.00373. The zero-order valence-corrected chi connectivity index (χ0v) is 17.6. The van der Waals surface area contributed by atoms with Crippen molar-refractivity contribution in [2.75, 3.05) is 19.6 Å². The molecule has 156 valence electrons. The third-order valence-electron chi connectivity index (χ3n) is 7.08. The number of rotatable bonds is 6. The molecule has 0 aromatic heterocycles. The first-order chi connectivity index (χ1) is 14.6. The lowest BCUT2D eigenvalue weighted by molar-refractivity contribution is -0.116. The molecule has 0 saturated carbocycles. The summed E-state index contributed by atoms with van der Waals surface area (Å²) in [5, 5.41) is 3.14. The molecule has 3 saturated heterocycles. The quantitative estimate of drug-likeness (QED) is 0.747. The molecule has 3 aliphatic rings. The van der Waals surface area contributed by atoms with Crippen molar-refractivity contribution < 1.29 is 9.53 Å². The highest BCUT2D eigenvalue weighted by molar-refractivity contribution is 5.91. The number of ether oxygens (including phenoxy) is 1. The lowest BCUT2D eigenvalue weighted by Crippen LogP contribution is -2.41. The van der Waals surface area contributed by atoms with Gasteiger partial charge in [0.05, 0.1) is 11.7 Å². The molecule has 1 amide bonds. The topological polar surface area (TPSA) is 41.6 Å². The molecule has 2 bridgehead atoms. The molecule has 2 aromatic rings. The number of aryl methyl sites for hydroxylation is 1. The summed E-state index contributed by atoms with van der Waals surface area (Å²) in [7, 11) is 0. The van der Waals surface area contributed by atoms with Crippen LogP contribution in [0.15, 0.2) is 60.7 Å². The van der Waals surface area contributed by atoms with E-state index in [4.69, 9.17) is 4.74 Å². The number of hydrogen-bond donors (Lipinski definition) is 1. The van der Waals surface area contributed by atoms with Gasteiger partial charge in [0.1, 0.15) is 0 Å². The molecule has 4 heteroatoms. The van der Waals surface area contributed by atoms with E-state index in [1.165, 1.54) is 11.1 Å². The van der Waals surface area contributed by atoms with Gasteiger partial charge in [-0.15, -0.1) is 0 Å². The highest BCUT2D eigenvalue weighted by atomic mass is 16.5. The van der Waals surface area contributed by atoms with Crippen molar-refractivity contribution in [3.05, 3.63) is 77.4 Å². The highest BCUT2D eigenvalue weighted by Crippen LogP contribution is 2.54. The van der Waals surface area contributed by atoms with E-state index in [0.29, 0.717) is 24.5 Å². The van der Waals surface area contributed by atoms with Gasteiger partial charge in [0.2, 0.25) is 5.91 Å². The Hall–Kier alpha value is -2.43. The second-order valence-electron chi connectivity index (χ2n) is 9.18. The maximum Gasteiger partial charge on any atom is 0.244 e. The van der Waals surface area contributed by atoms with Crippen LogP contribution in [0.4, 0.5) is 0 Å². The van der Waals surface area contributed by atoms with Gasteiger partial charge in [0.25, 0.3) is 0 Å². The molecule has 3 aliphatic heterocycles. The summed E-state index contributed by atoms with van der Waals surface area (Å²) < 4.78 is 6.54. The normalized spacial score (nSPS) is 30.1. The fourth-order valence-corrected chi connectivity index (χ4v) is 5.76. The van der Waals surface area contributed by atoms with Crippen molar-refractivity contribution >= 4 is 12.0 Å². The molecule has 1 spiro atoms. The van der Waals surface area contributed by atoms with Crippen LogP contribution in [-0.2, 0) is 16.1 Å². The van der Waals surface area contributed by atoms with E-state index in [0.717, 1.165) is 38.0 Å². The Labute approximate surface area is 178 Å². The number of carbonyl (C=O) groups excluding carboxylic acids is 1. The maximum absolute atomic E-state index is 12.4. The Morgan fingerprint density at radius 3 is 2.93 bits per heavy atom. The van der Waals surface area contributed by atoms with Crippen LogP contribution < -0.4 is 5.32 Å². The largest absolute Gasteiger partial charge is 0.370 e. The molecule has 0 radical (unpaired) electrons. The molecule has 1 N–H and O–H groups in total. The monoisotopic (exact) mass is 402 g/mol. The van der Waals surface area contributed by atoms with E-state index >= 15 is 0 Å². The standard InChI is InChI=1S/C26H30N2O2/c1-19-6-5-9-21(14-19)16-28-17-23-22(24-12-13-26(23,18-28)30-24)15-27-25(29)11-10-20-7-3-2-4-8-20/h2-11,14,22-24H,12-13,15-18H2,1H3,(H,27,29)/t22-,23+,24+,26+/m0/s1. The fraction of sp³-hybridized carbons (Fsp3) is 0.423. The molecule has 4 atom stereocenters. The third kappa shape index (κ3) is 3.82. The van der Waals surface area contributed by atoms with Gasteiger partial charge in [-0.3, -0.25) is 9.69 Å². The van der Waals surface area contributed by atoms with Gasteiger partial charge < -0.3 is 10.1 Å². The lowest BCUT2D eigenvalue weighted by atomic mass is 9.73. The summed E-state index contributed by atoms with van der Waals surface area (Å²) in [6.45, 7) is 5.90. The van der Waals surface area contributed by atoms with Crippen molar-refractivity contribution in [2.24, 2.45) is 11.8 Å². The summed E-state index contributed by atoms with van der Waals surface area (Å²) in [6.07, 6.45) is 6.08. The molecule has 2 aromatic carbocycles. The minimum atomic E-state index is -0.0229. The average Bonchev–Trinajstić information content (AvgIpc) is 3.39. The Balaban J connectivity index is 1.20. The molecule has 0 aliphatic carbocycles. The van der Waals surface area contributed by atoms with Gasteiger partial charge in [0, 0.05) is 44.1 Å². The maximum atomic E-state index is 12.4. The molecule has 0 unspecified atom stereocenters. The first kappa shape index (κ1) is 19.5. The summed E-state index contributed by atoms with van der Waals surface area (Å²) in [5.74, 6) is 0.903. The molecular weight excluding hydrogens is 372 g/mol. The van der Waals surface area contributed by atoms with Crippen molar-refractivity contribution in [1.29, 1.82) is 0 Å². The molecule has 3 fully saturated rings. The van der Waals surface area contributed by atoms with Crippen LogP contribution in [0.25, 0.3) is 6.08 Å². The Morgan fingerprint density at radius 1 is 1.23 bits per heavy atom. The van der Waals surface area contributed by atoms with Crippen LogP contribution in [0.5, 0.6) is 0 Å². The van der Waals surface area contributed by atoms with Crippen molar-refractivity contribution in [3.8, 4) is 0 Å². The second kappa shape index (κ2) is 8.01. The Kier molecular flexibility index (Phi) is 5.21. The zero-order valence-electron chi connectivity index (χ0n) is 17.6. The van der Waals surface area contributed by atoms with Gasteiger partial charge >= 0.3 is 0 Å². The van der Waals surface area contributed by atoms with E-state index < -0.39 is 0 Å². The fourth-order valence-electron chi connectivity index (χ4n) is 5.76. The number of nitrogens with one attached hydrogen (secondary N) is 1. The van der Waals surface area contributed by atoms with Gasteiger partial charge in [-0.1, -0.05) is 60.2 Å². The molecular formula is C26H30N2O2. The van der Waals surface area contributed by atoms with E-state index in [-0.39, 0.29) is 11.5 Å². The summed E-state index contributed by atoms with van der Waals surface area (Å²) in [4.78, 5) is 14.9. The second-order valence-corrected chi connectivity index (χ2v) is 9.18. The third-order valence-corrected chi connectivity index (χ3v) is 7.08. The predicted molar refractivity (Wildman–Crippen MR) is 119 cm³/mol. The van der Waals surface area contributed by atoms with Gasteiger partial charge in [-0.2, -0.15) is 0 Å². The van der Waals surface area contributed by atoms with E-state index in [1.807, 2.05) is 36.4 Å². The Bertz CT molecular complexity index is 941. The summed E-state index contributed by atoms with van der Waals surface area (Å²) in [6, 6.07) is 18.7. The van der Waals surface area contributed by atoms with Crippen LogP contribution in [0, 0.1) is 18.8 Å². The smallest absolute Gasteiger partial charge is 0.244 e. The Morgan fingerprint density at radius 2 is 2.10 bits per heavy atom. The molecule has 30 heavy (non-hydrogen) atoms. The van der Waals surface area contributed by atoms with E-state index in [9.17, 15) is 4.79 Å². The number of fused-ring (bicyclic) bond motifs is 1. The van der Waals surface area contributed by atoms with Crippen LogP contribution in [0.3, 0.4) is 0 Å². The first-order valence-electron chi connectivity index (χ1n) is 11.1. The summed E-state index contributed by atoms with van der Waals surface area (Å²) in [5.41, 5.74) is 3.73. The van der Waals surface area contributed by atoms with Crippen LogP contribution in [-0.4, -0.2) is 42.1 Å². The first-order valence-corrected chi connectivity index (χ1v) is 11.1. The van der Waals surface area contributed by atoms with Gasteiger partial charge in [-0.25, -0.2) is 0 Å². The zero-order chi connectivity index (χ0) is 20.6. The number of benzene rings is 2. The molecule has 4 nitrogen and oxygen atoms in total.